The van der Waals surface area contributed by atoms with Crippen molar-refractivity contribution >= 4 is 11.7 Å². The van der Waals surface area contributed by atoms with Crippen LogP contribution in [0.5, 0.6) is 5.75 Å². The standard InChI is InChI=1S/C18H23NO4/c1-18(2,3)23-17(21)19-14-8-13(9-15(19)11-22-10-14)12-4-6-16(20)7-5-12/h4-8,14-15,20H,9-11H2,1-3H3. The normalized spacial score (nSPS) is 24.1. The van der Waals surface area contributed by atoms with Crippen molar-refractivity contribution in [3.05, 3.63) is 35.9 Å². The average Bonchev–Trinajstić information content (AvgIpc) is 2.44. The second-order valence-electron chi connectivity index (χ2n) is 7.09. The molecular weight excluding hydrogens is 294 g/mol. The van der Waals surface area contributed by atoms with Crippen LogP contribution >= 0.6 is 0 Å². The van der Waals surface area contributed by atoms with Crippen LogP contribution in [0.3, 0.4) is 0 Å². The molecule has 0 radical (unpaired) electrons. The van der Waals surface area contributed by atoms with Gasteiger partial charge in [0, 0.05) is 0 Å². The number of phenolic OH excluding ortho intramolecular Hbond substituents is 1. The van der Waals surface area contributed by atoms with E-state index < -0.39 is 5.60 Å². The molecule has 1 saturated heterocycles. The Balaban J connectivity index is 1.84. The lowest BCUT2D eigenvalue weighted by Gasteiger charge is -2.44. The van der Waals surface area contributed by atoms with Crippen LogP contribution in [0.25, 0.3) is 5.57 Å². The highest BCUT2D eigenvalue weighted by atomic mass is 16.6. The molecule has 0 saturated carbocycles. The van der Waals surface area contributed by atoms with E-state index in [0.29, 0.717) is 13.2 Å². The van der Waals surface area contributed by atoms with E-state index in [1.165, 1.54) is 5.57 Å². The fourth-order valence-corrected chi connectivity index (χ4v) is 3.08. The molecular formula is C18H23NO4. The molecule has 1 fully saturated rings. The van der Waals surface area contributed by atoms with Crippen LogP contribution < -0.4 is 0 Å². The van der Waals surface area contributed by atoms with Crippen molar-refractivity contribution in [2.24, 2.45) is 0 Å². The number of aromatic hydroxyl groups is 1. The predicted octanol–water partition coefficient (Wildman–Crippen LogP) is 3.18. The van der Waals surface area contributed by atoms with Crippen molar-refractivity contribution in [2.75, 3.05) is 13.2 Å². The van der Waals surface area contributed by atoms with E-state index in [2.05, 4.69) is 6.08 Å². The molecule has 2 bridgehead atoms. The highest BCUT2D eigenvalue weighted by molar-refractivity contribution is 5.75. The number of rotatable bonds is 1. The summed E-state index contributed by atoms with van der Waals surface area (Å²) in [7, 11) is 0. The van der Waals surface area contributed by atoms with Gasteiger partial charge in [-0.25, -0.2) is 4.79 Å². The van der Waals surface area contributed by atoms with Gasteiger partial charge in [0.1, 0.15) is 11.4 Å². The van der Waals surface area contributed by atoms with E-state index in [1.54, 1.807) is 17.0 Å². The molecule has 0 spiro atoms. The summed E-state index contributed by atoms with van der Waals surface area (Å²) < 4.78 is 11.2. The zero-order valence-electron chi connectivity index (χ0n) is 13.8. The molecule has 124 valence electrons. The molecule has 1 N–H and O–H groups in total. The van der Waals surface area contributed by atoms with Gasteiger partial charge in [0.25, 0.3) is 0 Å². The van der Waals surface area contributed by atoms with Gasteiger partial charge in [0.2, 0.25) is 0 Å². The van der Waals surface area contributed by atoms with Gasteiger partial charge in [-0.1, -0.05) is 18.2 Å². The third-order valence-electron chi connectivity index (χ3n) is 4.04. The van der Waals surface area contributed by atoms with Crippen molar-refractivity contribution in [2.45, 2.75) is 44.9 Å². The molecule has 5 nitrogen and oxygen atoms in total. The molecule has 2 aliphatic heterocycles. The molecule has 23 heavy (non-hydrogen) atoms. The first-order chi connectivity index (χ1) is 10.8. The van der Waals surface area contributed by atoms with Gasteiger partial charge in [0.15, 0.2) is 0 Å². The number of nitrogens with zero attached hydrogens (tertiary/aromatic N) is 1. The largest absolute Gasteiger partial charge is 0.508 e. The van der Waals surface area contributed by atoms with Gasteiger partial charge in [-0.3, -0.25) is 4.90 Å². The lowest BCUT2D eigenvalue weighted by Crippen LogP contribution is -2.57. The number of amides is 1. The summed E-state index contributed by atoms with van der Waals surface area (Å²) in [6.07, 6.45) is 2.52. The third kappa shape index (κ3) is 3.50. The van der Waals surface area contributed by atoms with Crippen LogP contribution in [0.1, 0.15) is 32.8 Å². The minimum absolute atomic E-state index is 0.0163. The zero-order chi connectivity index (χ0) is 16.6. The summed E-state index contributed by atoms with van der Waals surface area (Å²) in [4.78, 5) is 14.3. The van der Waals surface area contributed by atoms with Gasteiger partial charge in [0.05, 0.1) is 25.3 Å². The zero-order valence-corrected chi connectivity index (χ0v) is 13.8. The molecule has 0 aliphatic carbocycles. The fourth-order valence-electron chi connectivity index (χ4n) is 3.08. The number of benzene rings is 1. The van der Waals surface area contributed by atoms with Crippen LogP contribution in [0.2, 0.25) is 0 Å². The Morgan fingerprint density at radius 3 is 2.57 bits per heavy atom. The monoisotopic (exact) mass is 317 g/mol. The van der Waals surface area contributed by atoms with Crippen molar-refractivity contribution in [1.82, 2.24) is 4.90 Å². The summed E-state index contributed by atoms with van der Waals surface area (Å²) in [5, 5.41) is 9.43. The SMILES string of the molecule is CC(C)(C)OC(=O)N1C2C=C(c3ccc(O)cc3)CC1COC2. The quantitative estimate of drug-likeness (QED) is 0.864. The first kappa shape index (κ1) is 15.9. The van der Waals surface area contributed by atoms with Crippen LogP contribution in [0.4, 0.5) is 4.79 Å². The van der Waals surface area contributed by atoms with E-state index >= 15 is 0 Å². The van der Waals surface area contributed by atoms with Crippen LogP contribution in [-0.2, 0) is 9.47 Å². The molecule has 5 heteroatoms. The average molecular weight is 317 g/mol. The number of ether oxygens (including phenoxy) is 2. The molecule has 3 rings (SSSR count). The molecule has 2 unspecified atom stereocenters. The lowest BCUT2D eigenvalue weighted by molar-refractivity contribution is -0.0510. The fraction of sp³-hybridized carbons (Fsp3) is 0.500. The molecule has 1 amide bonds. The van der Waals surface area contributed by atoms with Crippen LogP contribution in [-0.4, -0.2) is 47.0 Å². The molecule has 2 atom stereocenters. The predicted molar refractivity (Wildman–Crippen MR) is 87.2 cm³/mol. The molecule has 2 aliphatic rings. The van der Waals surface area contributed by atoms with Gasteiger partial charge in [-0.05, 0) is 50.5 Å². The number of carbonyl (C=O) groups excluding carboxylic acids is 1. The van der Waals surface area contributed by atoms with Crippen molar-refractivity contribution in [3.63, 3.8) is 0 Å². The first-order valence-electron chi connectivity index (χ1n) is 7.93. The lowest BCUT2D eigenvalue weighted by atomic mass is 9.90. The Morgan fingerprint density at radius 2 is 1.96 bits per heavy atom. The van der Waals surface area contributed by atoms with E-state index in [-0.39, 0.29) is 23.9 Å². The summed E-state index contributed by atoms with van der Waals surface area (Å²) in [6.45, 7) is 6.62. The maximum absolute atomic E-state index is 12.5. The summed E-state index contributed by atoms with van der Waals surface area (Å²) in [5.74, 6) is 0.254. The Bertz CT molecular complexity index is 615. The number of carbonyl (C=O) groups is 1. The van der Waals surface area contributed by atoms with Crippen molar-refractivity contribution < 1.29 is 19.4 Å². The number of hydrogen-bond donors (Lipinski definition) is 1. The maximum Gasteiger partial charge on any atom is 0.411 e. The molecule has 1 aromatic rings. The highest BCUT2D eigenvalue weighted by Gasteiger charge is 2.40. The van der Waals surface area contributed by atoms with E-state index in [9.17, 15) is 9.90 Å². The number of morpholine rings is 1. The Labute approximate surface area is 136 Å². The topological polar surface area (TPSA) is 59.0 Å². The molecule has 1 aromatic carbocycles. The Kier molecular flexibility index (Phi) is 4.06. The van der Waals surface area contributed by atoms with Crippen molar-refractivity contribution in [3.8, 4) is 5.75 Å². The third-order valence-corrected chi connectivity index (χ3v) is 4.04. The summed E-state index contributed by atoms with van der Waals surface area (Å²) in [6, 6.07) is 7.05. The maximum atomic E-state index is 12.5. The van der Waals surface area contributed by atoms with Crippen molar-refractivity contribution in [1.29, 1.82) is 0 Å². The Morgan fingerprint density at radius 1 is 1.26 bits per heavy atom. The minimum Gasteiger partial charge on any atom is -0.508 e. The van der Waals surface area contributed by atoms with Crippen LogP contribution in [0, 0.1) is 0 Å². The number of fused-ring (bicyclic) bond motifs is 2. The molecule has 2 heterocycles. The smallest absolute Gasteiger partial charge is 0.411 e. The second kappa shape index (κ2) is 5.89. The highest BCUT2D eigenvalue weighted by Crippen LogP contribution is 2.34. The van der Waals surface area contributed by atoms with E-state index in [0.717, 1.165) is 12.0 Å². The van der Waals surface area contributed by atoms with Gasteiger partial charge in [-0.15, -0.1) is 0 Å². The first-order valence-corrected chi connectivity index (χ1v) is 7.93. The Hall–Kier alpha value is -2.01. The van der Waals surface area contributed by atoms with Gasteiger partial charge >= 0.3 is 6.09 Å². The van der Waals surface area contributed by atoms with Gasteiger partial charge < -0.3 is 14.6 Å². The second-order valence-corrected chi connectivity index (χ2v) is 7.09. The van der Waals surface area contributed by atoms with E-state index in [4.69, 9.17) is 9.47 Å². The molecule has 0 aromatic heterocycles. The van der Waals surface area contributed by atoms with Gasteiger partial charge in [-0.2, -0.15) is 0 Å². The van der Waals surface area contributed by atoms with E-state index in [1.807, 2.05) is 32.9 Å². The number of hydrogen-bond acceptors (Lipinski definition) is 4. The minimum atomic E-state index is -0.507. The summed E-state index contributed by atoms with van der Waals surface area (Å²) in [5.41, 5.74) is 1.75. The summed E-state index contributed by atoms with van der Waals surface area (Å²) >= 11 is 0. The number of phenols is 1. The van der Waals surface area contributed by atoms with Crippen LogP contribution in [0.15, 0.2) is 30.3 Å².